The van der Waals surface area contributed by atoms with Crippen LogP contribution in [0.3, 0.4) is 0 Å². The number of benzene rings is 1. The second-order valence-electron chi connectivity index (χ2n) is 4.96. The predicted molar refractivity (Wildman–Crippen MR) is 72.2 cm³/mol. The highest BCUT2D eigenvalue weighted by atomic mass is 16.4. The summed E-state index contributed by atoms with van der Waals surface area (Å²) in [5.74, 6) is -0.825. The van der Waals surface area contributed by atoms with Crippen LogP contribution in [0.4, 0.5) is 5.69 Å². The van der Waals surface area contributed by atoms with Crippen molar-refractivity contribution in [1.29, 1.82) is 0 Å². The number of hydrogen-bond acceptors (Lipinski definition) is 3. The zero-order valence-electron chi connectivity index (χ0n) is 11.2. The van der Waals surface area contributed by atoms with Gasteiger partial charge in [0.25, 0.3) is 0 Å². The zero-order chi connectivity index (χ0) is 14.0. The molecule has 19 heavy (non-hydrogen) atoms. The van der Waals surface area contributed by atoms with Gasteiger partial charge in [-0.15, -0.1) is 0 Å². The topological polar surface area (TPSA) is 60.9 Å². The Morgan fingerprint density at radius 3 is 2.74 bits per heavy atom. The third-order valence-electron chi connectivity index (χ3n) is 3.52. The fraction of sp³-hybridized carbons (Fsp3) is 0.429. The van der Waals surface area contributed by atoms with Crippen molar-refractivity contribution < 1.29 is 14.7 Å². The number of rotatable bonds is 3. The lowest BCUT2D eigenvalue weighted by atomic mass is 10.1. The fourth-order valence-corrected chi connectivity index (χ4v) is 2.40. The minimum Gasteiger partial charge on any atom is -0.481 e. The van der Waals surface area contributed by atoms with Gasteiger partial charge in [0.05, 0.1) is 13.0 Å². The Hall–Kier alpha value is -1.88. The molecule has 1 heterocycles. The van der Waals surface area contributed by atoms with Gasteiger partial charge in [0.1, 0.15) is 0 Å². The monoisotopic (exact) mass is 262 g/mol. The summed E-state index contributed by atoms with van der Waals surface area (Å²) in [5.41, 5.74) is 1.89. The highest BCUT2D eigenvalue weighted by Crippen LogP contribution is 2.23. The number of anilines is 1. The number of amides is 1. The maximum atomic E-state index is 12.1. The molecule has 2 rings (SSSR count). The van der Waals surface area contributed by atoms with Crippen molar-refractivity contribution in [2.45, 2.75) is 19.4 Å². The number of carboxylic acids is 1. The molecule has 0 aromatic heterocycles. The number of para-hydroxylation sites is 1. The van der Waals surface area contributed by atoms with Gasteiger partial charge in [0, 0.05) is 18.3 Å². The van der Waals surface area contributed by atoms with Gasteiger partial charge in [-0.05, 0) is 25.6 Å². The summed E-state index contributed by atoms with van der Waals surface area (Å²) < 4.78 is 0. The smallest absolute Gasteiger partial charge is 0.305 e. The number of aliphatic carboxylic acids is 1. The van der Waals surface area contributed by atoms with Gasteiger partial charge in [-0.2, -0.15) is 0 Å². The quantitative estimate of drug-likeness (QED) is 0.886. The van der Waals surface area contributed by atoms with E-state index < -0.39 is 5.97 Å². The molecule has 0 aliphatic carbocycles. The fourth-order valence-electron chi connectivity index (χ4n) is 2.40. The molecular weight excluding hydrogens is 244 g/mol. The number of aryl methyl sites for hydroxylation is 1. The molecule has 5 heteroatoms. The minimum absolute atomic E-state index is 0.0124. The van der Waals surface area contributed by atoms with E-state index in [2.05, 4.69) is 0 Å². The molecule has 0 bridgehead atoms. The Labute approximate surface area is 112 Å². The maximum Gasteiger partial charge on any atom is 0.305 e. The van der Waals surface area contributed by atoms with Crippen molar-refractivity contribution in [1.82, 2.24) is 4.90 Å². The van der Waals surface area contributed by atoms with Crippen LogP contribution in [0.2, 0.25) is 0 Å². The number of carbonyl (C=O) groups is 2. The van der Waals surface area contributed by atoms with Crippen molar-refractivity contribution >= 4 is 17.6 Å². The van der Waals surface area contributed by atoms with Crippen LogP contribution in [0.5, 0.6) is 0 Å². The second-order valence-corrected chi connectivity index (χ2v) is 4.96. The lowest BCUT2D eigenvalue weighted by Gasteiger charge is -2.38. The van der Waals surface area contributed by atoms with Crippen molar-refractivity contribution in [2.75, 3.05) is 25.0 Å². The number of carboxylic acid groups (broad SMARTS) is 1. The molecule has 1 saturated heterocycles. The molecular formula is C14H18N2O3. The molecule has 1 N–H and O–H groups in total. The van der Waals surface area contributed by atoms with E-state index in [9.17, 15) is 9.59 Å². The molecule has 0 saturated carbocycles. The number of likely N-dealkylation sites (N-methyl/N-ethyl adjacent to an activating group) is 1. The molecule has 1 aromatic rings. The highest BCUT2D eigenvalue weighted by molar-refractivity contribution is 5.96. The van der Waals surface area contributed by atoms with Gasteiger partial charge in [-0.1, -0.05) is 18.2 Å². The summed E-state index contributed by atoms with van der Waals surface area (Å²) in [5, 5.41) is 8.93. The molecule has 1 aliphatic rings. The summed E-state index contributed by atoms with van der Waals surface area (Å²) in [4.78, 5) is 26.5. The Kier molecular flexibility index (Phi) is 3.85. The summed E-state index contributed by atoms with van der Waals surface area (Å²) in [6.07, 6.45) is 0.0478. The van der Waals surface area contributed by atoms with Gasteiger partial charge in [-0.3, -0.25) is 14.5 Å². The van der Waals surface area contributed by atoms with E-state index in [-0.39, 0.29) is 24.9 Å². The largest absolute Gasteiger partial charge is 0.481 e. The normalized spacial score (nSPS) is 20.6. The molecule has 1 atom stereocenters. The number of hydrogen-bond donors (Lipinski definition) is 1. The maximum absolute atomic E-state index is 12.1. The van der Waals surface area contributed by atoms with Gasteiger partial charge in [-0.25, -0.2) is 0 Å². The third-order valence-corrected chi connectivity index (χ3v) is 3.52. The van der Waals surface area contributed by atoms with Gasteiger partial charge in [0.2, 0.25) is 5.91 Å². The summed E-state index contributed by atoms with van der Waals surface area (Å²) in [6.45, 7) is 2.63. The molecule has 1 aliphatic heterocycles. The number of piperazine rings is 1. The predicted octanol–water partition coefficient (Wildman–Crippen LogP) is 1.12. The highest BCUT2D eigenvalue weighted by Gasteiger charge is 2.32. The molecule has 1 unspecified atom stereocenters. The van der Waals surface area contributed by atoms with E-state index in [0.29, 0.717) is 6.54 Å². The minimum atomic E-state index is -0.837. The summed E-state index contributed by atoms with van der Waals surface area (Å²) in [6, 6.07) is 7.52. The Morgan fingerprint density at radius 1 is 1.42 bits per heavy atom. The Bertz CT molecular complexity index is 501. The van der Waals surface area contributed by atoms with Crippen LogP contribution in [-0.2, 0) is 9.59 Å². The molecule has 5 nitrogen and oxygen atoms in total. The van der Waals surface area contributed by atoms with Crippen LogP contribution in [0, 0.1) is 6.92 Å². The van der Waals surface area contributed by atoms with Gasteiger partial charge >= 0.3 is 5.97 Å². The Balaban J connectivity index is 2.23. The summed E-state index contributed by atoms with van der Waals surface area (Å²) in [7, 11) is 1.79. The van der Waals surface area contributed by atoms with Crippen molar-refractivity contribution in [3.63, 3.8) is 0 Å². The van der Waals surface area contributed by atoms with E-state index in [0.717, 1.165) is 11.3 Å². The van der Waals surface area contributed by atoms with E-state index in [1.54, 1.807) is 11.9 Å². The van der Waals surface area contributed by atoms with Crippen LogP contribution in [0.15, 0.2) is 24.3 Å². The van der Waals surface area contributed by atoms with E-state index in [4.69, 9.17) is 5.11 Å². The first kappa shape index (κ1) is 13.5. The zero-order valence-corrected chi connectivity index (χ0v) is 11.2. The number of carbonyl (C=O) groups excluding carboxylic acids is 1. The van der Waals surface area contributed by atoms with E-state index in [1.165, 1.54) is 0 Å². The lowest BCUT2D eigenvalue weighted by molar-refractivity contribution is -0.139. The van der Waals surface area contributed by atoms with Gasteiger partial charge < -0.3 is 10.0 Å². The molecule has 1 aromatic carbocycles. The van der Waals surface area contributed by atoms with Crippen LogP contribution in [0.25, 0.3) is 0 Å². The molecule has 1 fully saturated rings. The average Bonchev–Trinajstić information content (AvgIpc) is 2.33. The first-order valence-electron chi connectivity index (χ1n) is 6.27. The van der Waals surface area contributed by atoms with Crippen LogP contribution in [0.1, 0.15) is 12.0 Å². The third kappa shape index (κ3) is 2.93. The standard InChI is InChI=1S/C14H18N2O3/c1-10-5-3-4-6-12(10)16-8-11(7-14(18)19)15(2)9-13(16)17/h3-6,11H,7-9H2,1-2H3,(H,18,19). The average molecular weight is 262 g/mol. The van der Waals surface area contributed by atoms with Crippen molar-refractivity contribution in [3.05, 3.63) is 29.8 Å². The van der Waals surface area contributed by atoms with E-state index in [1.807, 2.05) is 36.1 Å². The summed E-state index contributed by atoms with van der Waals surface area (Å²) >= 11 is 0. The van der Waals surface area contributed by atoms with Gasteiger partial charge in [0.15, 0.2) is 0 Å². The second kappa shape index (κ2) is 5.40. The number of nitrogens with zero attached hydrogens (tertiary/aromatic N) is 2. The first-order chi connectivity index (χ1) is 8.99. The van der Waals surface area contributed by atoms with Crippen molar-refractivity contribution in [2.24, 2.45) is 0 Å². The lowest BCUT2D eigenvalue weighted by Crippen LogP contribution is -2.55. The van der Waals surface area contributed by atoms with Crippen LogP contribution in [-0.4, -0.2) is 48.1 Å². The molecule has 102 valence electrons. The SMILES string of the molecule is Cc1ccccc1N1CC(CC(=O)O)N(C)CC1=O. The molecule has 0 radical (unpaired) electrons. The van der Waals surface area contributed by atoms with Crippen molar-refractivity contribution in [3.8, 4) is 0 Å². The molecule has 1 amide bonds. The Morgan fingerprint density at radius 2 is 2.11 bits per heavy atom. The van der Waals surface area contributed by atoms with Crippen LogP contribution >= 0.6 is 0 Å². The first-order valence-corrected chi connectivity index (χ1v) is 6.27. The molecule has 0 spiro atoms. The van der Waals surface area contributed by atoms with E-state index >= 15 is 0 Å². The van der Waals surface area contributed by atoms with Crippen LogP contribution < -0.4 is 4.90 Å².